The fourth-order valence-electron chi connectivity index (χ4n) is 2.78. The van der Waals surface area contributed by atoms with E-state index in [0.29, 0.717) is 5.92 Å². The van der Waals surface area contributed by atoms with Crippen LogP contribution in [0.3, 0.4) is 0 Å². The van der Waals surface area contributed by atoms with E-state index in [1.165, 1.54) is 12.8 Å². The van der Waals surface area contributed by atoms with Crippen LogP contribution in [0.2, 0.25) is 0 Å². The van der Waals surface area contributed by atoms with Gasteiger partial charge in [-0.25, -0.2) is 14.6 Å². The monoisotopic (exact) mass is 302 g/mol. The highest BCUT2D eigenvalue weighted by Crippen LogP contribution is 2.43. The first kappa shape index (κ1) is 12.8. The number of hydrogen-bond acceptors (Lipinski definition) is 5. The number of aryl methyl sites for hydroxylation is 3. The van der Waals surface area contributed by atoms with E-state index < -0.39 is 0 Å². The van der Waals surface area contributed by atoms with Crippen molar-refractivity contribution in [1.82, 2.24) is 24.3 Å². The summed E-state index contributed by atoms with van der Waals surface area (Å²) in [5.74, 6) is 1.75. The molecule has 0 aliphatic heterocycles. The molecular weight excluding hydrogens is 284 g/mol. The number of anilines is 1. The van der Waals surface area contributed by atoms with Gasteiger partial charge in [0, 0.05) is 26.5 Å². The maximum absolute atomic E-state index is 4.69. The molecule has 1 aliphatic carbocycles. The molecule has 1 atom stereocenters. The molecule has 21 heavy (non-hydrogen) atoms. The summed E-state index contributed by atoms with van der Waals surface area (Å²) in [7, 11) is 3.99. The molecule has 0 radical (unpaired) electrons. The molecule has 0 bridgehead atoms. The Bertz CT molecular complexity index is 759. The van der Waals surface area contributed by atoms with Crippen LogP contribution in [0.25, 0.3) is 10.3 Å². The second-order valence-corrected chi connectivity index (χ2v) is 6.74. The Morgan fingerprint density at radius 2 is 2.19 bits per heavy atom. The van der Waals surface area contributed by atoms with Crippen molar-refractivity contribution in [2.24, 2.45) is 20.0 Å². The lowest BCUT2D eigenvalue weighted by atomic mass is 10.2. The standard InChI is InChI=1S/C14H18N6S/c1-8-11-13(20(3)18-8)17-14(21-11)16-10(9-4-5-9)12-15-6-7-19(12)2/h6-7,9-10H,4-5H2,1-3H3,(H,16,17)/t10-/m1/s1. The van der Waals surface area contributed by atoms with E-state index in [4.69, 9.17) is 4.98 Å². The van der Waals surface area contributed by atoms with E-state index >= 15 is 0 Å². The first-order chi connectivity index (χ1) is 10.1. The molecular formula is C14H18N6S. The highest BCUT2D eigenvalue weighted by atomic mass is 32.1. The van der Waals surface area contributed by atoms with Crippen LogP contribution < -0.4 is 5.32 Å². The highest BCUT2D eigenvalue weighted by Gasteiger charge is 2.35. The zero-order valence-electron chi connectivity index (χ0n) is 12.4. The minimum Gasteiger partial charge on any atom is -0.351 e. The molecule has 0 spiro atoms. The summed E-state index contributed by atoms with van der Waals surface area (Å²) < 4.78 is 5.10. The SMILES string of the molecule is Cc1nn(C)c2nc(N[C@@H](c3nccn3C)C3CC3)sc12. The van der Waals surface area contributed by atoms with Crippen molar-refractivity contribution in [3.05, 3.63) is 23.9 Å². The fraction of sp³-hybridized carbons (Fsp3) is 0.500. The molecule has 6 nitrogen and oxygen atoms in total. The second kappa shape index (κ2) is 4.56. The summed E-state index contributed by atoms with van der Waals surface area (Å²) in [6.45, 7) is 2.03. The summed E-state index contributed by atoms with van der Waals surface area (Å²) >= 11 is 1.68. The molecule has 7 heteroatoms. The normalized spacial score (nSPS) is 16.5. The number of hydrogen-bond donors (Lipinski definition) is 1. The number of thiazole rings is 1. The van der Waals surface area contributed by atoms with Crippen molar-refractivity contribution in [2.45, 2.75) is 25.8 Å². The van der Waals surface area contributed by atoms with Gasteiger partial charge < -0.3 is 9.88 Å². The maximum atomic E-state index is 4.69. The van der Waals surface area contributed by atoms with Gasteiger partial charge in [0.1, 0.15) is 5.82 Å². The number of aromatic nitrogens is 5. The van der Waals surface area contributed by atoms with Crippen LogP contribution in [0, 0.1) is 12.8 Å². The molecule has 0 saturated heterocycles. The Kier molecular flexibility index (Phi) is 2.78. The van der Waals surface area contributed by atoms with Crippen LogP contribution in [0.1, 0.15) is 30.4 Å². The summed E-state index contributed by atoms with van der Waals surface area (Å²) in [5, 5.41) is 8.96. The third-order valence-electron chi connectivity index (χ3n) is 4.05. The van der Waals surface area contributed by atoms with Gasteiger partial charge in [-0.2, -0.15) is 5.10 Å². The molecule has 1 N–H and O–H groups in total. The molecule has 3 aromatic rings. The summed E-state index contributed by atoms with van der Waals surface area (Å²) in [6.07, 6.45) is 6.38. The second-order valence-electron chi connectivity index (χ2n) is 5.74. The largest absolute Gasteiger partial charge is 0.351 e. The van der Waals surface area contributed by atoms with Crippen LogP contribution >= 0.6 is 11.3 Å². The lowest BCUT2D eigenvalue weighted by molar-refractivity contribution is 0.606. The average Bonchev–Trinajstić information content (AvgIpc) is 2.97. The van der Waals surface area contributed by atoms with Crippen LogP contribution in [-0.4, -0.2) is 24.3 Å². The van der Waals surface area contributed by atoms with Crippen LogP contribution in [0.15, 0.2) is 12.4 Å². The third-order valence-corrected chi connectivity index (χ3v) is 5.14. The molecule has 4 rings (SSSR count). The van der Waals surface area contributed by atoms with Gasteiger partial charge in [-0.15, -0.1) is 0 Å². The molecule has 1 aliphatic rings. The van der Waals surface area contributed by atoms with E-state index in [1.54, 1.807) is 11.3 Å². The number of nitrogens with zero attached hydrogens (tertiary/aromatic N) is 5. The lowest BCUT2D eigenvalue weighted by Gasteiger charge is -2.17. The van der Waals surface area contributed by atoms with E-state index in [-0.39, 0.29) is 6.04 Å². The number of fused-ring (bicyclic) bond motifs is 1. The Morgan fingerprint density at radius 3 is 2.81 bits per heavy atom. The van der Waals surface area contributed by atoms with Crippen LogP contribution in [-0.2, 0) is 14.1 Å². The van der Waals surface area contributed by atoms with Crippen LogP contribution in [0.4, 0.5) is 5.13 Å². The van der Waals surface area contributed by atoms with Gasteiger partial charge in [-0.1, -0.05) is 11.3 Å². The smallest absolute Gasteiger partial charge is 0.186 e. The summed E-state index contributed by atoms with van der Waals surface area (Å²) in [4.78, 5) is 9.20. The van der Waals surface area contributed by atoms with Gasteiger partial charge in [0.2, 0.25) is 0 Å². The first-order valence-electron chi connectivity index (χ1n) is 7.17. The fourth-order valence-corrected chi connectivity index (χ4v) is 3.75. The zero-order chi connectivity index (χ0) is 14.6. The molecule has 110 valence electrons. The summed E-state index contributed by atoms with van der Waals surface area (Å²) in [6, 6.07) is 0.249. The Hall–Kier alpha value is -1.89. The van der Waals surface area contributed by atoms with Crippen molar-refractivity contribution >= 4 is 26.8 Å². The lowest BCUT2D eigenvalue weighted by Crippen LogP contribution is -2.17. The Morgan fingerprint density at radius 1 is 1.38 bits per heavy atom. The molecule has 3 aromatic heterocycles. The van der Waals surface area contributed by atoms with Crippen molar-refractivity contribution in [1.29, 1.82) is 0 Å². The molecule has 3 heterocycles. The molecule has 0 aromatic carbocycles. The van der Waals surface area contributed by atoms with Crippen molar-refractivity contribution in [3.63, 3.8) is 0 Å². The average molecular weight is 302 g/mol. The van der Waals surface area contributed by atoms with E-state index in [1.807, 2.05) is 38.1 Å². The van der Waals surface area contributed by atoms with Gasteiger partial charge in [0.25, 0.3) is 0 Å². The molecule has 0 amide bonds. The highest BCUT2D eigenvalue weighted by molar-refractivity contribution is 7.22. The van der Waals surface area contributed by atoms with Crippen molar-refractivity contribution in [2.75, 3.05) is 5.32 Å². The number of nitrogens with one attached hydrogen (secondary N) is 1. The van der Waals surface area contributed by atoms with Crippen LogP contribution in [0.5, 0.6) is 0 Å². The minimum atomic E-state index is 0.249. The van der Waals surface area contributed by atoms with E-state index in [2.05, 4.69) is 20.0 Å². The van der Waals surface area contributed by atoms with E-state index in [0.717, 1.165) is 27.0 Å². The number of imidazole rings is 1. The van der Waals surface area contributed by atoms with Gasteiger partial charge in [0.05, 0.1) is 16.4 Å². The first-order valence-corrected chi connectivity index (χ1v) is 7.99. The number of rotatable bonds is 4. The van der Waals surface area contributed by atoms with Gasteiger partial charge in [0.15, 0.2) is 10.8 Å². The Balaban J connectivity index is 1.68. The molecule has 0 unspecified atom stereocenters. The molecule has 1 saturated carbocycles. The predicted molar refractivity (Wildman–Crippen MR) is 83.4 cm³/mol. The maximum Gasteiger partial charge on any atom is 0.186 e. The summed E-state index contributed by atoms with van der Waals surface area (Å²) in [5.41, 5.74) is 1.99. The third kappa shape index (κ3) is 2.12. The van der Waals surface area contributed by atoms with Gasteiger partial charge in [-0.05, 0) is 25.7 Å². The van der Waals surface area contributed by atoms with Crippen molar-refractivity contribution in [3.8, 4) is 0 Å². The quantitative estimate of drug-likeness (QED) is 0.805. The van der Waals surface area contributed by atoms with Gasteiger partial charge >= 0.3 is 0 Å². The topological polar surface area (TPSA) is 60.6 Å². The minimum absolute atomic E-state index is 0.249. The van der Waals surface area contributed by atoms with E-state index in [9.17, 15) is 0 Å². The molecule has 1 fully saturated rings. The zero-order valence-corrected chi connectivity index (χ0v) is 13.2. The van der Waals surface area contributed by atoms with Crippen molar-refractivity contribution < 1.29 is 0 Å². The van der Waals surface area contributed by atoms with Gasteiger partial charge in [-0.3, -0.25) is 0 Å². The Labute approximate surface area is 126 Å². The predicted octanol–water partition coefficient (Wildman–Crippen LogP) is 2.63.